The molecule has 7 nitrogen and oxygen atoms in total. The summed E-state index contributed by atoms with van der Waals surface area (Å²) in [6.07, 6.45) is 10.8. The number of hydrogen-bond acceptors (Lipinski definition) is 6. The van der Waals surface area contributed by atoms with Gasteiger partial charge in [0.15, 0.2) is 5.78 Å². The molecular weight excluding hydrogens is 793 g/mol. The van der Waals surface area contributed by atoms with Gasteiger partial charge >= 0.3 is 5.97 Å². The van der Waals surface area contributed by atoms with Crippen LogP contribution in [0.3, 0.4) is 0 Å². The molecule has 0 aromatic heterocycles. The first-order valence-corrected chi connectivity index (χ1v) is 22.9. The Hall–Kier alpha value is -6.91. The number of aliphatic carboxylic acids is 1. The smallest absolute Gasteiger partial charge is 0.346 e. The van der Waals surface area contributed by atoms with Crippen LogP contribution in [-0.4, -0.2) is 30.1 Å². The van der Waals surface area contributed by atoms with E-state index in [0.29, 0.717) is 28.5 Å². The van der Waals surface area contributed by atoms with Crippen LogP contribution in [0.15, 0.2) is 139 Å². The van der Waals surface area contributed by atoms with E-state index in [1.54, 1.807) is 18.2 Å². The molecule has 0 saturated carbocycles. The van der Waals surface area contributed by atoms with Crippen LogP contribution in [0.4, 0.5) is 17.1 Å². The highest BCUT2D eigenvalue weighted by molar-refractivity contribution is 6.22. The number of ketones is 1. The van der Waals surface area contributed by atoms with Crippen molar-refractivity contribution in [2.75, 3.05) is 18.1 Å². The van der Waals surface area contributed by atoms with Crippen molar-refractivity contribution in [2.45, 2.75) is 79.1 Å². The second kappa shape index (κ2) is 21.4. The molecule has 7 heteroatoms. The minimum absolute atomic E-state index is 0.0200. The van der Waals surface area contributed by atoms with Gasteiger partial charge in [-0.15, -0.1) is 0 Å². The highest BCUT2D eigenvalue weighted by Crippen LogP contribution is 2.42. The van der Waals surface area contributed by atoms with Crippen LogP contribution in [0.5, 0.6) is 11.5 Å². The number of carbonyl (C=O) groups excluding carboxylic acids is 1. The molecule has 2 atom stereocenters. The van der Waals surface area contributed by atoms with Crippen LogP contribution in [-0.2, 0) is 4.79 Å². The Morgan fingerprint density at radius 2 is 1.00 bits per heavy atom. The number of rotatable bonds is 21. The molecule has 0 saturated heterocycles. The van der Waals surface area contributed by atoms with Crippen molar-refractivity contribution in [2.24, 2.45) is 11.8 Å². The van der Waals surface area contributed by atoms with E-state index >= 15 is 0 Å². The summed E-state index contributed by atoms with van der Waals surface area (Å²) in [5, 5.41) is 18.4. The number of benzene rings is 6. The summed E-state index contributed by atoms with van der Waals surface area (Å²) in [6, 6.07) is 46.2. The predicted molar refractivity (Wildman–Crippen MR) is 260 cm³/mol. The largest absolute Gasteiger partial charge is 0.493 e. The SMILES string of the molecule is CCCCC(CC)COc1ccc(N(c2ccc(OCC(CC)CCCC)cc2)c2ccc(-c3ccc4c(c3)C(=O)c3cc(-c5ccc(/C=C(/C#N)C(=O)O)cc5)ccc3-4)cc2)cc1. The first-order chi connectivity index (χ1) is 31.2. The number of carboxylic acids is 1. The van der Waals surface area contributed by atoms with Crippen LogP contribution in [0.25, 0.3) is 39.5 Å². The molecule has 326 valence electrons. The number of nitrogens with zero attached hydrogens (tertiary/aromatic N) is 2. The van der Waals surface area contributed by atoms with Gasteiger partial charge in [0.25, 0.3) is 0 Å². The summed E-state index contributed by atoms with van der Waals surface area (Å²) in [7, 11) is 0. The van der Waals surface area contributed by atoms with Gasteiger partial charge in [-0.05, 0) is 142 Å². The zero-order chi connectivity index (χ0) is 45.0. The van der Waals surface area contributed by atoms with Gasteiger partial charge in [-0.3, -0.25) is 4.79 Å². The van der Waals surface area contributed by atoms with Crippen molar-refractivity contribution in [3.63, 3.8) is 0 Å². The van der Waals surface area contributed by atoms with Crippen LogP contribution in [0.1, 0.15) is 101 Å². The highest BCUT2D eigenvalue weighted by Gasteiger charge is 2.27. The zero-order valence-corrected chi connectivity index (χ0v) is 37.5. The summed E-state index contributed by atoms with van der Waals surface area (Å²) in [5.41, 5.74) is 10.1. The Bertz CT molecular complexity index is 2540. The molecular formula is C57H58N2O5. The number of anilines is 3. The lowest BCUT2D eigenvalue weighted by Gasteiger charge is -2.26. The summed E-state index contributed by atoms with van der Waals surface area (Å²) >= 11 is 0. The van der Waals surface area contributed by atoms with Gasteiger partial charge in [0.1, 0.15) is 23.1 Å². The van der Waals surface area contributed by atoms with Crippen LogP contribution in [0, 0.1) is 23.2 Å². The summed E-state index contributed by atoms with van der Waals surface area (Å²) in [4.78, 5) is 27.5. The summed E-state index contributed by atoms with van der Waals surface area (Å²) in [5.74, 6) is 1.55. The molecule has 64 heavy (non-hydrogen) atoms. The van der Waals surface area contributed by atoms with Gasteiger partial charge < -0.3 is 19.5 Å². The Morgan fingerprint density at radius 1 is 0.594 bits per heavy atom. The lowest BCUT2D eigenvalue weighted by molar-refractivity contribution is -0.132. The third-order valence-electron chi connectivity index (χ3n) is 12.4. The van der Waals surface area contributed by atoms with Gasteiger partial charge in [-0.2, -0.15) is 5.26 Å². The van der Waals surface area contributed by atoms with E-state index in [-0.39, 0.29) is 11.4 Å². The quantitative estimate of drug-likeness (QED) is 0.0568. The molecule has 0 amide bonds. The molecule has 0 fully saturated rings. The molecule has 1 N–H and O–H groups in total. The van der Waals surface area contributed by atoms with Crippen LogP contribution >= 0.6 is 0 Å². The average molecular weight is 851 g/mol. The lowest BCUT2D eigenvalue weighted by atomic mass is 9.97. The Morgan fingerprint density at radius 3 is 1.39 bits per heavy atom. The van der Waals surface area contributed by atoms with E-state index in [4.69, 9.17) is 14.7 Å². The minimum Gasteiger partial charge on any atom is -0.493 e. The topological polar surface area (TPSA) is 99.9 Å². The molecule has 0 heterocycles. The number of carbonyl (C=O) groups is 2. The summed E-state index contributed by atoms with van der Waals surface area (Å²) in [6.45, 7) is 10.4. The monoisotopic (exact) mass is 850 g/mol. The maximum Gasteiger partial charge on any atom is 0.346 e. The fraction of sp³-hybridized carbons (Fsp3) is 0.281. The Balaban J connectivity index is 1.11. The molecule has 6 aromatic rings. The van der Waals surface area contributed by atoms with Gasteiger partial charge in [-0.1, -0.05) is 127 Å². The van der Waals surface area contributed by atoms with E-state index < -0.39 is 5.97 Å². The number of nitriles is 1. The zero-order valence-electron chi connectivity index (χ0n) is 37.5. The number of hydrogen-bond donors (Lipinski definition) is 1. The van der Waals surface area contributed by atoms with Crippen LogP contribution in [0.2, 0.25) is 0 Å². The Labute approximate surface area is 378 Å². The van der Waals surface area contributed by atoms with E-state index in [2.05, 4.69) is 111 Å². The summed E-state index contributed by atoms with van der Waals surface area (Å²) < 4.78 is 12.6. The van der Waals surface area contributed by atoms with Crippen molar-refractivity contribution in [1.82, 2.24) is 0 Å². The van der Waals surface area contributed by atoms with E-state index in [0.717, 1.165) is 88.0 Å². The van der Waals surface area contributed by atoms with E-state index in [1.165, 1.54) is 44.6 Å². The second-order valence-corrected chi connectivity index (χ2v) is 16.8. The lowest BCUT2D eigenvalue weighted by Crippen LogP contribution is -2.12. The second-order valence-electron chi connectivity index (χ2n) is 16.8. The Kier molecular flexibility index (Phi) is 15.1. The fourth-order valence-electron chi connectivity index (χ4n) is 8.38. The van der Waals surface area contributed by atoms with Crippen LogP contribution < -0.4 is 14.4 Å². The standard InChI is InChI=1S/C57H58N2O5/c1-5-9-11-39(7-3)37-63-50-27-23-48(24-28-50)59(49-25-29-51(30-26-49)64-38-40(8-4)12-10-6-2)47-21-17-43(18-22-47)45-20-32-53-52-31-19-44(34-54(52)56(60)55(53)35-45)42-15-13-41(14-16-42)33-46(36-58)57(61)62/h13-35,39-40H,5-12,37-38H2,1-4H3,(H,61,62)/b46-33-. The van der Waals surface area contributed by atoms with Gasteiger partial charge in [-0.25, -0.2) is 4.79 Å². The van der Waals surface area contributed by atoms with Crippen molar-refractivity contribution in [3.05, 3.63) is 156 Å². The van der Waals surface area contributed by atoms with Crippen molar-refractivity contribution < 1.29 is 24.2 Å². The van der Waals surface area contributed by atoms with Gasteiger partial charge in [0.2, 0.25) is 0 Å². The molecule has 1 aliphatic carbocycles. The number of unbranched alkanes of at least 4 members (excludes halogenated alkanes) is 2. The molecule has 1 aliphatic rings. The molecule has 6 aromatic carbocycles. The van der Waals surface area contributed by atoms with Crippen molar-refractivity contribution >= 4 is 34.9 Å². The minimum atomic E-state index is -1.27. The van der Waals surface area contributed by atoms with Crippen molar-refractivity contribution in [1.29, 1.82) is 5.26 Å². The first kappa shape index (κ1) is 45.1. The maximum absolute atomic E-state index is 14.0. The van der Waals surface area contributed by atoms with Gasteiger partial charge in [0.05, 0.1) is 13.2 Å². The first-order valence-electron chi connectivity index (χ1n) is 22.9. The highest BCUT2D eigenvalue weighted by atomic mass is 16.5. The van der Waals surface area contributed by atoms with E-state index in [1.807, 2.05) is 42.5 Å². The molecule has 2 unspecified atom stereocenters. The molecule has 0 bridgehead atoms. The molecule has 7 rings (SSSR count). The molecule has 0 radical (unpaired) electrons. The third-order valence-corrected chi connectivity index (χ3v) is 12.4. The molecule has 0 aliphatic heterocycles. The number of ether oxygens (including phenoxy) is 2. The third kappa shape index (κ3) is 10.6. The molecule has 0 spiro atoms. The fourth-order valence-corrected chi connectivity index (χ4v) is 8.38. The van der Waals surface area contributed by atoms with E-state index in [9.17, 15) is 14.7 Å². The maximum atomic E-state index is 14.0. The average Bonchev–Trinajstić information content (AvgIpc) is 3.61. The normalized spacial score (nSPS) is 12.8. The van der Waals surface area contributed by atoms with Crippen molar-refractivity contribution in [3.8, 4) is 50.9 Å². The van der Waals surface area contributed by atoms with Gasteiger partial charge in [0, 0.05) is 28.2 Å². The predicted octanol–water partition coefficient (Wildman–Crippen LogP) is 14.9. The number of carboxylic acid groups (broad SMARTS) is 1. The number of fused-ring (bicyclic) bond motifs is 3.